The number of aliphatic hydroxyl groups excluding tert-OH is 3. The number of rotatable bonds is 14. The third kappa shape index (κ3) is 13.0. The molecule has 9 rings (SSSR count). The average Bonchev–Trinajstić information content (AvgIpc) is 3.92. The van der Waals surface area contributed by atoms with Crippen LogP contribution in [0.25, 0.3) is 0 Å². The van der Waals surface area contributed by atoms with E-state index >= 15 is 0 Å². The van der Waals surface area contributed by atoms with Crippen LogP contribution in [0.5, 0.6) is 0 Å². The average molecular weight is 1060 g/mol. The van der Waals surface area contributed by atoms with Crippen molar-refractivity contribution < 1.29 is 36.8 Å². The van der Waals surface area contributed by atoms with E-state index in [4.69, 9.17) is 5.11 Å². The van der Waals surface area contributed by atoms with Crippen molar-refractivity contribution in [1.29, 1.82) is 0 Å². The molecule has 6 saturated carbocycles. The fourth-order valence-electron chi connectivity index (χ4n) is 18.4. The number of fused-ring (bicyclic) bond motifs is 10. The molecule has 424 valence electrons. The summed E-state index contributed by atoms with van der Waals surface area (Å²) in [5.74, 6) is 8.35. The van der Waals surface area contributed by atoms with Gasteiger partial charge in [-0.1, -0.05) is 126 Å². The largest absolute Gasteiger partial charge is 2.00 e. The summed E-state index contributed by atoms with van der Waals surface area (Å²) in [7, 11) is -2.58. The summed E-state index contributed by atoms with van der Waals surface area (Å²) < 4.78 is 28.2. The zero-order chi connectivity index (χ0) is 51.8. The van der Waals surface area contributed by atoms with Crippen LogP contribution in [0.3, 0.4) is 0 Å². The maximum Gasteiger partial charge on any atom is 2.00 e. The molecule has 3 unspecified atom stereocenters. The topological polar surface area (TPSA) is 135 Å². The van der Waals surface area contributed by atoms with Crippen molar-refractivity contribution in [3.8, 4) is 0 Å². The summed E-state index contributed by atoms with van der Waals surface area (Å²) >= 11 is 0. The van der Waals surface area contributed by atoms with Crippen LogP contribution in [-0.4, -0.2) is 92.8 Å². The van der Waals surface area contributed by atoms with Gasteiger partial charge in [-0.05, 0) is 241 Å². The van der Waals surface area contributed by atoms with Crippen LogP contribution in [0.1, 0.15) is 222 Å². The fraction of sp³-hybridized carbons (Fsp3) is 0.846. The van der Waals surface area contributed by atoms with Crippen LogP contribution in [0.2, 0.25) is 0 Å². The van der Waals surface area contributed by atoms with E-state index < -0.39 is 32.4 Å². The minimum Gasteiger partial charge on any atom is -1.00 e. The summed E-state index contributed by atoms with van der Waals surface area (Å²) in [6.07, 6.45) is 27.2. The van der Waals surface area contributed by atoms with Crippen LogP contribution in [0.15, 0.2) is 58.5 Å². The molecule has 6 fully saturated rings. The van der Waals surface area contributed by atoms with Gasteiger partial charge in [0.05, 0.1) is 33.6 Å². The molecule has 0 aliphatic heterocycles. The molecule has 0 spiro atoms. The Morgan fingerprint density at radius 3 is 1.50 bits per heavy atom. The Morgan fingerprint density at radius 1 is 0.608 bits per heavy atom. The second-order valence-electron chi connectivity index (χ2n) is 26.8. The van der Waals surface area contributed by atoms with Crippen molar-refractivity contribution in [2.75, 3.05) is 7.11 Å². The van der Waals surface area contributed by atoms with Crippen LogP contribution >= 0.6 is 0 Å². The number of aliphatic hydroxyl groups is 5. The van der Waals surface area contributed by atoms with Crippen LogP contribution in [-0.2, 0) is 9.84 Å². The van der Waals surface area contributed by atoms with E-state index in [2.05, 4.69) is 67.5 Å². The molecule has 7 nitrogen and oxygen atoms in total. The van der Waals surface area contributed by atoms with Crippen molar-refractivity contribution in [1.82, 2.24) is 0 Å². The van der Waals surface area contributed by atoms with E-state index in [9.17, 15) is 28.8 Å². The first-order valence-electron chi connectivity index (χ1n) is 29.5. The zero-order valence-corrected chi connectivity index (χ0v) is 49.6. The third-order valence-electron chi connectivity index (χ3n) is 23.0. The first-order chi connectivity index (χ1) is 33.6. The van der Waals surface area contributed by atoms with Crippen LogP contribution in [0, 0.1) is 93.7 Å². The van der Waals surface area contributed by atoms with Gasteiger partial charge in [-0.3, -0.25) is 0 Å². The number of sulfone groups is 1. The summed E-state index contributed by atoms with van der Waals surface area (Å²) in [4.78, 5) is 0.385. The SMILES string of the molecule is C.C.CC[C@]1(O)CC[C@H]2C(=CC[C@@H]3[C@@H]2CC[C@]2(C)[C@@H]([C@H](C)C(CC(O)C(C)C)S(=O)(=O)c4ccccc4)CC[C@@H]32)C1.CC[C@]1(O)CC[C@H]2C(=CC[C@@H]3[C@@H]2CC[C@]2(C)[C@@H]([C@H](C)CCC(O)C(C)C)CC[C@@H]32)C1.CO.[H-].[H-].[Mg+2]. The van der Waals surface area contributed by atoms with E-state index in [1.54, 1.807) is 29.8 Å². The van der Waals surface area contributed by atoms with E-state index in [1.165, 1.54) is 69.8 Å². The van der Waals surface area contributed by atoms with E-state index in [1.807, 2.05) is 19.9 Å². The van der Waals surface area contributed by atoms with Crippen molar-refractivity contribution in [3.05, 3.63) is 53.6 Å². The maximum absolute atomic E-state index is 14.1. The van der Waals surface area contributed by atoms with Gasteiger partial charge in [-0.25, -0.2) is 8.42 Å². The van der Waals surface area contributed by atoms with E-state index in [0.717, 1.165) is 107 Å². The number of hydrogen-bond donors (Lipinski definition) is 5. The van der Waals surface area contributed by atoms with E-state index in [0.29, 0.717) is 52.2 Å². The summed E-state index contributed by atoms with van der Waals surface area (Å²) in [6, 6.07) is 8.91. The molecule has 0 radical (unpaired) electrons. The number of benzene rings is 1. The number of hydrogen-bond acceptors (Lipinski definition) is 7. The minimum absolute atomic E-state index is 0. The number of allylic oxidation sites excluding steroid dienone is 2. The second kappa shape index (κ2) is 26.7. The molecule has 5 N–H and O–H groups in total. The molecule has 0 amide bonds. The van der Waals surface area contributed by atoms with Gasteiger partial charge >= 0.3 is 23.1 Å². The molecule has 8 aliphatic carbocycles. The van der Waals surface area contributed by atoms with Crippen molar-refractivity contribution >= 4 is 32.9 Å². The molecule has 0 aromatic heterocycles. The van der Waals surface area contributed by atoms with Gasteiger partial charge in [0.15, 0.2) is 9.84 Å². The van der Waals surface area contributed by atoms with Crippen molar-refractivity contribution in [2.45, 2.75) is 252 Å². The Labute approximate surface area is 473 Å². The van der Waals surface area contributed by atoms with Gasteiger partial charge in [0.2, 0.25) is 0 Å². The molecule has 1 aromatic carbocycles. The Morgan fingerprint density at radius 2 is 1.05 bits per heavy atom. The smallest absolute Gasteiger partial charge is 1.00 e. The predicted molar refractivity (Wildman–Crippen MR) is 313 cm³/mol. The first-order valence-corrected chi connectivity index (χ1v) is 31.1. The normalized spacial score (nSPS) is 38.9. The van der Waals surface area contributed by atoms with Gasteiger partial charge < -0.3 is 28.4 Å². The zero-order valence-electron chi connectivity index (χ0n) is 49.4. The Balaban J connectivity index is 0.000000486. The summed E-state index contributed by atoms with van der Waals surface area (Å²) in [6.45, 7) is 22.3. The molecule has 8 aliphatic rings. The monoisotopic (exact) mass is 1060 g/mol. The van der Waals surface area contributed by atoms with Gasteiger partial charge in [0, 0.05) is 7.11 Å². The van der Waals surface area contributed by atoms with Gasteiger partial charge in [-0.2, -0.15) is 0 Å². The molecule has 74 heavy (non-hydrogen) atoms. The second-order valence-corrected chi connectivity index (χ2v) is 29.0. The Kier molecular flexibility index (Phi) is 23.7. The van der Waals surface area contributed by atoms with Crippen molar-refractivity contribution in [3.63, 3.8) is 0 Å². The van der Waals surface area contributed by atoms with Crippen LogP contribution < -0.4 is 0 Å². The molecular formula is C65H114MgO7S. The summed E-state index contributed by atoms with van der Waals surface area (Å²) in [5.41, 5.74) is 2.85. The van der Waals surface area contributed by atoms with Gasteiger partial charge in [0.1, 0.15) is 0 Å². The quantitative estimate of drug-likeness (QED) is 0.0925. The molecule has 9 heteroatoms. The van der Waals surface area contributed by atoms with Crippen molar-refractivity contribution in [2.24, 2.45) is 93.7 Å². The molecular weight excluding hydrogens is 949 g/mol. The molecule has 0 saturated heterocycles. The van der Waals surface area contributed by atoms with Gasteiger partial charge in [0.25, 0.3) is 0 Å². The standard InChI is InChI=1S/C34H52O4S.C28H48O2.CH4O.2CH4.Mg.2H/c1-6-34(36)19-17-26-24(21-34)12-13-28-27(26)16-18-33(5)29(14-15-30(28)33)23(4)32(20-31(35)22(2)3)39(37,38)25-10-8-7-9-11-25;1-6-28(30)16-14-21-20(17-28)8-9-23-22(21)13-15-27(5)24(10-11-25(23)27)19(4)7-12-26(29)18(2)3;1-2;;;;;/h7-12,22-23,26-32,35-36H,6,13-21H2,1-5H3;8,18-19,21-26,29-30H,6-7,9-17H2,1-5H3;2H,1H3;2*1H4;;;/q;;;;;+2;2*-1/t23-,26-,27+,28+,29+,30-,31?,32?,33+,34-;19-,21+,22-,23-,24-,25+,26?,27-,28+;;;;;;/m01....../s1. The third-order valence-corrected chi connectivity index (χ3v) is 25.3. The van der Waals surface area contributed by atoms with E-state index in [-0.39, 0.29) is 64.1 Å². The summed E-state index contributed by atoms with van der Waals surface area (Å²) in [5, 5.41) is 49.5. The molecule has 0 bridgehead atoms. The van der Waals surface area contributed by atoms with Crippen LogP contribution in [0.4, 0.5) is 0 Å². The molecule has 0 heterocycles. The Hall–Kier alpha value is -0.784. The minimum atomic E-state index is -3.58. The molecule has 1 aromatic rings. The first kappa shape index (κ1) is 65.7. The van der Waals surface area contributed by atoms with Gasteiger partial charge in [-0.15, -0.1) is 0 Å². The molecule has 19 atom stereocenters. The predicted octanol–water partition coefficient (Wildman–Crippen LogP) is 14.7. The Bertz CT molecular complexity index is 2090. The maximum atomic E-state index is 14.1. The fourth-order valence-corrected chi connectivity index (χ4v) is 20.4.